The molecule has 1 saturated heterocycles. The summed E-state index contributed by atoms with van der Waals surface area (Å²) in [6.45, 7) is 6.73. The first kappa shape index (κ1) is 21.5. The number of rotatable bonds is 7. The lowest BCUT2D eigenvalue weighted by Crippen LogP contribution is -3.09. The Bertz CT molecular complexity index is 960. The van der Waals surface area contributed by atoms with Crippen LogP contribution in [0, 0.1) is 13.8 Å². The predicted molar refractivity (Wildman–Crippen MR) is 113 cm³/mol. The maximum Gasteiger partial charge on any atom is 0.344 e. The molecule has 4 amide bonds. The number of imide groups is 1. The summed E-state index contributed by atoms with van der Waals surface area (Å²) in [6, 6.07) is 14.7. The van der Waals surface area contributed by atoms with E-state index >= 15 is 0 Å². The number of aryl methyl sites for hydroxylation is 2. The van der Waals surface area contributed by atoms with Crippen LogP contribution < -0.4 is 15.6 Å². The molecule has 3 N–H and O–H groups in total. The van der Waals surface area contributed by atoms with Crippen molar-refractivity contribution in [2.75, 3.05) is 13.6 Å². The Morgan fingerprint density at radius 1 is 1.13 bits per heavy atom. The van der Waals surface area contributed by atoms with Crippen LogP contribution in [0.1, 0.15) is 35.6 Å². The van der Waals surface area contributed by atoms with Gasteiger partial charge in [-0.1, -0.05) is 61.0 Å². The zero-order chi connectivity index (χ0) is 21.9. The predicted octanol–water partition coefficient (Wildman–Crippen LogP) is 1.21. The van der Waals surface area contributed by atoms with Crippen molar-refractivity contribution >= 4 is 17.8 Å². The van der Waals surface area contributed by atoms with E-state index < -0.39 is 17.5 Å². The first-order valence-corrected chi connectivity index (χ1v) is 10.2. The van der Waals surface area contributed by atoms with Gasteiger partial charge in [-0.05, 0) is 31.4 Å². The molecule has 1 aliphatic heterocycles. The number of nitrogens with one attached hydrogen (secondary N) is 3. The zero-order valence-corrected chi connectivity index (χ0v) is 17.9. The van der Waals surface area contributed by atoms with Crippen molar-refractivity contribution in [2.24, 2.45) is 0 Å². The molecular weight excluding hydrogens is 380 g/mol. The third kappa shape index (κ3) is 4.21. The van der Waals surface area contributed by atoms with Gasteiger partial charge in [0.2, 0.25) is 0 Å². The van der Waals surface area contributed by atoms with Crippen LogP contribution in [0.15, 0.2) is 48.5 Å². The molecule has 0 aliphatic carbocycles. The van der Waals surface area contributed by atoms with E-state index in [1.54, 1.807) is 12.1 Å². The minimum Gasteiger partial charge on any atom is -0.326 e. The number of hydrazine groups is 1. The SMILES string of the molecule is CC[C@@]1(c2ccccc2)NC(=O)N(NC(=O)C[NH+](C)Cc2ccc(C)cc2C)C1=O. The van der Waals surface area contributed by atoms with E-state index in [0.29, 0.717) is 18.5 Å². The molecule has 3 rings (SSSR count). The number of carbonyl (C=O) groups is 3. The highest BCUT2D eigenvalue weighted by Crippen LogP contribution is 2.31. The van der Waals surface area contributed by atoms with E-state index in [9.17, 15) is 14.4 Å². The molecule has 0 spiro atoms. The number of hydrogen-bond acceptors (Lipinski definition) is 3. The second-order valence-corrected chi connectivity index (χ2v) is 7.97. The standard InChI is InChI=1S/C23H28N4O3/c1-5-23(19-9-7-6-8-10-19)21(29)27(22(30)24-23)25-20(28)15-26(4)14-18-12-11-16(2)13-17(18)3/h6-13H,5,14-15H2,1-4H3,(H,24,30)(H,25,28)/p+1/t23-/m0/s1. The fourth-order valence-electron chi connectivity index (χ4n) is 3.91. The number of urea groups is 1. The second kappa shape index (κ2) is 8.67. The zero-order valence-electron chi connectivity index (χ0n) is 17.9. The lowest BCUT2D eigenvalue weighted by molar-refractivity contribution is -0.885. The van der Waals surface area contributed by atoms with Crippen LogP contribution in [0.5, 0.6) is 0 Å². The van der Waals surface area contributed by atoms with Crippen molar-refractivity contribution < 1.29 is 19.3 Å². The molecule has 2 aromatic carbocycles. The van der Waals surface area contributed by atoms with E-state index in [1.807, 2.05) is 39.1 Å². The fraction of sp³-hybridized carbons (Fsp3) is 0.348. The maximum atomic E-state index is 13.1. The maximum absolute atomic E-state index is 13.1. The molecule has 0 bridgehead atoms. The molecule has 158 valence electrons. The number of amides is 4. The molecule has 7 heteroatoms. The van der Waals surface area contributed by atoms with Crippen molar-refractivity contribution in [3.63, 3.8) is 0 Å². The smallest absolute Gasteiger partial charge is 0.326 e. The van der Waals surface area contributed by atoms with Crippen LogP contribution in [-0.4, -0.2) is 36.4 Å². The average molecular weight is 410 g/mol. The van der Waals surface area contributed by atoms with Gasteiger partial charge >= 0.3 is 6.03 Å². The number of likely N-dealkylation sites (N-methyl/N-ethyl adjacent to an activating group) is 1. The van der Waals surface area contributed by atoms with Crippen LogP contribution in [0.3, 0.4) is 0 Å². The Balaban J connectivity index is 1.66. The topological polar surface area (TPSA) is 83.0 Å². The molecule has 0 aromatic heterocycles. The molecule has 30 heavy (non-hydrogen) atoms. The summed E-state index contributed by atoms with van der Waals surface area (Å²) >= 11 is 0. The molecule has 1 heterocycles. The van der Waals surface area contributed by atoms with Crippen LogP contribution >= 0.6 is 0 Å². The van der Waals surface area contributed by atoms with E-state index in [0.717, 1.165) is 15.5 Å². The molecule has 1 aliphatic rings. The molecule has 1 unspecified atom stereocenters. The largest absolute Gasteiger partial charge is 0.344 e. The van der Waals surface area contributed by atoms with Gasteiger partial charge in [0, 0.05) is 5.56 Å². The van der Waals surface area contributed by atoms with Crippen molar-refractivity contribution in [1.29, 1.82) is 0 Å². The number of benzene rings is 2. The van der Waals surface area contributed by atoms with Gasteiger partial charge in [-0.15, -0.1) is 0 Å². The number of quaternary nitrogens is 1. The average Bonchev–Trinajstić information content (AvgIpc) is 2.96. The van der Waals surface area contributed by atoms with Gasteiger partial charge in [0.15, 0.2) is 6.54 Å². The normalized spacial score (nSPS) is 19.5. The fourth-order valence-corrected chi connectivity index (χ4v) is 3.91. The highest BCUT2D eigenvalue weighted by Gasteiger charge is 2.52. The first-order valence-electron chi connectivity index (χ1n) is 10.2. The van der Waals surface area contributed by atoms with Crippen molar-refractivity contribution in [3.8, 4) is 0 Å². The summed E-state index contributed by atoms with van der Waals surface area (Å²) in [5.74, 6) is -0.859. The quantitative estimate of drug-likeness (QED) is 0.601. The molecule has 1 fully saturated rings. The summed E-state index contributed by atoms with van der Waals surface area (Å²) in [6.07, 6.45) is 0.381. The van der Waals surface area contributed by atoms with Gasteiger partial charge in [0.05, 0.1) is 7.05 Å². The lowest BCUT2D eigenvalue weighted by Gasteiger charge is -2.25. The van der Waals surface area contributed by atoms with Gasteiger partial charge in [-0.3, -0.25) is 15.0 Å². The second-order valence-electron chi connectivity index (χ2n) is 7.97. The number of nitrogens with zero attached hydrogens (tertiary/aromatic N) is 1. The Labute approximate surface area is 177 Å². The highest BCUT2D eigenvalue weighted by molar-refractivity contribution is 6.08. The molecule has 2 atom stereocenters. The van der Waals surface area contributed by atoms with E-state index in [-0.39, 0.29) is 12.5 Å². The Morgan fingerprint density at radius 3 is 2.47 bits per heavy atom. The monoisotopic (exact) mass is 409 g/mol. The van der Waals surface area contributed by atoms with Crippen molar-refractivity contribution in [3.05, 3.63) is 70.8 Å². The summed E-state index contributed by atoms with van der Waals surface area (Å²) in [5, 5.41) is 3.57. The van der Waals surface area contributed by atoms with Gasteiger partial charge in [-0.2, -0.15) is 5.01 Å². The summed E-state index contributed by atoms with van der Waals surface area (Å²) in [4.78, 5) is 39.1. The molecule has 0 saturated carbocycles. The van der Waals surface area contributed by atoms with Crippen molar-refractivity contribution in [2.45, 2.75) is 39.3 Å². The third-order valence-corrected chi connectivity index (χ3v) is 5.58. The van der Waals surface area contributed by atoms with Crippen LogP contribution in [0.4, 0.5) is 4.79 Å². The Morgan fingerprint density at radius 2 is 1.83 bits per heavy atom. The van der Waals surface area contributed by atoms with Crippen LogP contribution in [-0.2, 0) is 21.7 Å². The summed E-state index contributed by atoms with van der Waals surface area (Å²) in [7, 11) is 1.91. The first-order chi connectivity index (χ1) is 14.3. The van der Waals surface area contributed by atoms with Crippen molar-refractivity contribution in [1.82, 2.24) is 15.8 Å². The minimum absolute atomic E-state index is 0.134. The highest BCUT2D eigenvalue weighted by atomic mass is 16.2. The minimum atomic E-state index is -1.16. The third-order valence-electron chi connectivity index (χ3n) is 5.58. The van der Waals surface area contributed by atoms with Gasteiger partial charge in [-0.25, -0.2) is 4.79 Å². The number of hydrogen-bond donors (Lipinski definition) is 3. The van der Waals surface area contributed by atoms with E-state index in [2.05, 4.69) is 35.9 Å². The van der Waals surface area contributed by atoms with E-state index in [4.69, 9.17) is 0 Å². The lowest BCUT2D eigenvalue weighted by atomic mass is 9.87. The van der Waals surface area contributed by atoms with E-state index in [1.165, 1.54) is 11.1 Å². The van der Waals surface area contributed by atoms with Gasteiger partial charge in [0.25, 0.3) is 11.8 Å². The molecular formula is C23H29N4O3+. The summed E-state index contributed by atoms with van der Waals surface area (Å²) < 4.78 is 0. The van der Waals surface area contributed by atoms with Crippen LogP contribution in [0.25, 0.3) is 0 Å². The van der Waals surface area contributed by atoms with Gasteiger partial charge in [0.1, 0.15) is 12.1 Å². The molecule has 2 aromatic rings. The van der Waals surface area contributed by atoms with Gasteiger partial charge < -0.3 is 10.2 Å². The summed E-state index contributed by atoms with van der Waals surface area (Å²) in [5.41, 5.74) is 5.56. The number of carbonyl (C=O) groups excluding carboxylic acids is 3. The molecule has 0 radical (unpaired) electrons. The Hall–Kier alpha value is -3.19. The van der Waals surface area contributed by atoms with Crippen LogP contribution in [0.2, 0.25) is 0 Å². The Kier molecular flexibility index (Phi) is 6.22. The molecule has 7 nitrogen and oxygen atoms in total.